The average molecular weight is 261 g/mol. The van der Waals surface area contributed by atoms with Crippen molar-refractivity contribution < 1.29 is 26.7 Å². The maximum Gasteiger partial charge on any atom is 0.511 e. The number of hydrogen-bond donors (Lipinski definition) is 1. The first-order valence-electron chi connectivity index (χ1n) is 4.99. The average Bonchev–Trinajstić information content (AvgIpc) is 2.64. The monoisotopic (exact) mass is 261 g/mol. The predicted molar refractivity (Wildman–Crippen MR) is 51.0 cm³/mol. The van der Waals surface area contributed by atoms with E-state index in [9.17, 15) is 21.6 Å². The molecular weight excluding hydrogens is 247 g/mol. The van der Waals surface area contributed by atoms with Crippen molar-refractivity contribution in [3.63, 3.8) is 0 Å². The Kier molecular flexibility index (Phi) is 4.19. The summed E-state index contributed by atoms with van der Waals surface area (Å²) >= 11 is 0. The van der Waals surface area contributed by atoms with Gasteiger partial charge in [0.25, 0.3) is 0 Å². The van der Waals surface area contributed by atoms with Gasteiger partial charge in [0.15, 0.2) is 0 Å². The number of aliphatic hydroxyl groups excluding tert-OH is 1. The largest absolute Gasteiger partial charge is 0.511 e. The molecule has 1 rings (SSSR count). The molecule has 4 nitrogen and oxygen atoms in total. The standard InChI is InChI=1S/C8H14F3NO3S/c9-8(10,11)16(14,15)12(5-6-13)7-3-1-2-4-7/h7,13H,1-6H2. The first kappa shape index (κ1) is 13.7. The Morgan fingerprint density at radius 2 is 1.75 bits per heavy atom. The lowest BCUT2D eigenvalue weighted by Crippen LogP contribution is -2.46. The molecule has 0 amide bonds. The van der Waals surface area contributed by atoms with E-state index in [-0.39, 0.29) is 0 Å². The number of alkyl halides is 3. The Hall–Kier alpha value is -0.340. The summed E-state index contributed by atoms with van der Waals surface area (Å²) in [6, 6.07) is -0.626. The van der Waals surface area contributed by atoms with E-state index >= 15 is 0 Å². The molecule has 1 fully saturated rings. The second-order valence-electron chi connectivity index (χ2n) is 3.72. The van der Waals surface area contributed by atoms with Crippen molar-refractivity contribution in [3.8, 4) is 0 Å². The number of rotatable bonds is 4. The summed E-state index contributed by atoms with van der Waals surface area (Å²) in [6.07, 6.45) is 2.30. The first-order chi connectivity index (χ1) is 7.30. The third-order valence-electron chi connectivity index (χ3n) is 2.65. The van der Waals surface area contributed by atoms with Crippen molar-refractivity contribution >= 4 is 10.0 Å². The number of halogens is 3. The van der Waals surface area contributed by atoms with Crippen molar-refractivity contribution in [2.75, 3.05) is 13.2 Å². The zero-order chi connectivity index (χ0) is 12.4. The van der Waals surface area contributed by atoms with E-state index in [1.807, 2.05) is 0 Å². The molecule has 0 radical (unpaired) electrons. The molecular formula is C8H14F3NO3S. The molecule has 1 N–H and O–H groups in total. The molecule has 0 saturated heterocycles. The van der Waals surface area contributed by atoms with Crippen LogP contribution < -0.4 is 0 Å². The quantitative estimate of drug-likeness (QED) is 0.823. The minimum atomic E-state index is -5.31. The zero-order valence-corrected chi connectivity index (χ0v) is 9.39. The highest BCUT2D eigenvalue weighted by Crippen LogP contribution is 2.32. The molecule has 0 unspecified atom stereocenters. The fourth-order valence-corrected chi connectivity index (χ4v) is 3.11. The third kappa shape index (κ3) is 2.67. The number of nitrogens with zero attached hydrogens (tertiary/aromatic N) is 1. The van der Waals surface area contributed by atoms with Gasteiger partial charge >= 0.3 is 15.5 Å². The lowest BCUT2D eigenvalue weighted by molar-refractivity contribution is -0.0503. The summed E-state index contributed by atoms with van der Waals surface area (Å²) in [5, 5.41) is 8.65. The Morgan fingerprint density at radius 3 is 2.12 bits per heavy atom. The van der Waals surface area contributed by atoms with E-state index < -0.39 is 34.7 Å². The Labute approximate surface area is 92.1 Å². The second kappa shape index (κ2) is 4.89. The van der Waals surface area contributed by atoms with Crippen LogP contribution in [0.15, 0.2) is 0 Å². The van der Waals surface area contributed by atoms with Crippen molar-refractivity contribution in [2.45, 2.75) is 37.2 Å². The molecule has 0 aromatic heterocycles. The van der Waals surface area contributed by atoms with Crippen molar-refractivity contribution in [3.05, 3.63) is 0 Å². The van der Waals surface area contributed by atoms with Gasteiger partial charge in [-0.15, -0.1) is 0 Å². The lowest BCUT2D eigenvalue weighted by Gasteiger charge is -2.27. The maximum atomic E-state index is 12.3. The van der Waals surface area contributed by atoms with Gasteiger partial charge < -0.3 is 5.11 Å². The fraction of sp³-hybridized carbons (Fsp3) is 1.00. The highest BCUT2D eigenvalue weighted by atomic mass is 32.2. The zero-order valence-electron chi connectivity index (χ0n) is 8.57. The normalized spacial score (nSPS) is 19.6. The maximum absolute atomic E-state index is 12.3. The van der Waals surface area contributed by atoms with E-state index in [1.54, 1.807) is 0 Å². The molecule has 0 atom stereocenters. The number of hydrogen-bond acceptors (Lipinski definition) is 3. The second-order valence-corrected chi connectivity index (χ2v) is 5.61. The van der Waals surface area contributed by atoms with E-state index in [1.165, 1.54) is 0 Å². The molecule has 0 bridgehead atoms. The Bertz CT molecular complexity index is 322. The topological polar surface area (TPSA) is 57.6 Å². The molecule has 0 aliphatic heterocycles. The molecule has 1 aliphatic carbocycles. The highest BCUT2D eigenvalue weighted by Gasteiger charge is 2.51. The van der Waals surface area contributed by atoms with Crippen LogP contribution in [0.4, 0.5) is 13.2 Å². The molecule has 1 saturated carbocycles. The smallest absolute Gasteiger partial charge is 0.395 e. The van der Waals surface area contributed by atoms with Gasteiger partial charge in [-0.25, -0.2) is 8.42 Å². The fourth-order valence-electron chi connectivity index (χ4n) is 1.92. The molecule has 0 spiro atoms. The van der Waals surface area contributed by atoms with Crippen LogP contribution in [0.3, 0.4) is 0 Å². The van der Waals surface area contributed by atoms with Gasteiger partial charge in [0, 0.05) is 12.6 Å². The minimum Gasteiger partial charge on any atom is -0.395 e. The van der Waals surface area contributed by atoms with Gasteiger partial charge in [0.1, 0.15) is 0 Å². The minimum absolute atomic E-state index is 0.389. The van der Waals surface area contributed by atoms with Crippen LogP contribution in [0.2, 0.25) is 0 Å². The van der Waals surface area contributed by atoms with Gasteiger partial charge in [-0.2, -0.15) is 17.5 Å². The van der Waals surface area contributed by atoms with Crippen LogP contribution in [0.25, 0.3) is 0 Å². The van der Waals surface area contributed by atoms with Crippen LogP contribution in [-0.4, -0.2) is 42.5 Å². The molecule has 1 aliphatic rings. The first-order valence-corrected chi connectivity index (χ1v) is 6.43. The van der Waals surface area contributed by atoms with Crippen LogP contribution in [0.5, 0.6) is 0 Å². The predicted octanol–water partition coefficient (Wildman–Crippen LogP) is 1.07. The van der Waals surface area contributed by atoms with Crippen molar-refractivity contribution in [2.24, 2.45) is 0 Å². The van der Waals surface area contributed by atoms with E-state index in [0.29, 0.717) is 17.1 Å². The van der Waals surface area contributed by atoms with Crippen LogP contribution in [-0.2, 0) is 10.0 Å². The van der Waals surface area contributed by atoms with E-state index in [2.05, 4.69) is 0 Å². The molecule has 96 valence electrons. The van der Waals surface area contributed by atoms with Crippen LogP contribution >= 0.6 is 0 Å². The van der Waals surface area contributed by atoms with E-state index in [4.69, 9.17) is 5.11 Å². The summed E-state index contributed by atoms with van der Waals surface area (Å²) in [5.74, 6) is 0. The van der Waals surface area contributed by atoms with Gasteiger partial charge in [0.2, 0.25) is 0 Å². The molecule has 8 heteroatoms. The summed E-state index contributed by atoms with van der Waals surface area (Å²) in [7, 11) is -5.31. The Morgan fingerprint density at radius 1 is 1.25 bits per heavy atom. The number of sulfonamides is 1. The van der Waals surface area contributed by atoms with Gasteiger partial charge in [-0.05, 0) is 12.8 Å². The highest BCUT2D eigenvalue weighted by molar-refractivity contribution is 7.90. The lowest BCUT2D eigenvalue weighted by atomic mass is 10.2. The summed E-state index contributed by atoms with van der Waals surface area (Å²) in [6.45, 7) is -1.10. The van der Waals surface area contributed by atoms with E-state index in [0.717, 1.165) is 12.8 Å². The molecule has 0 aromatic rings. The van der Waals surface area contributed by atoms with Gasteiger partial charge in [0.05, 0.1) is 6.61 Å². The Balaban J connectivity index is 2.92. The molecule has 0 aromatic carbocycles. The molecule has 0 heterocycles. The summed E-state index contributed by atoms with van der Waals surface area (Å²) in [4.78, 5) is 0. The summed E-state index contributed by atoms with van der Waals surface area (Å²) < 4.78 is 59.9. The van der Waals surface area contributed by atoms with Crippen LogP contribution in [0.1, 0.15) is 25.7 Å². The molecule has 16 heavy (non-hydrogen) atoms. The van der Waals surface area contributed by atoms with Gasteiger partial charge in [-0.3, -0.25) is 0 Å². The third-order valence-corrected chi connectivity index (χ3v) is 4.34. The SMILES string of the molecule is O=S(=O)(N(CCO)C1CCCC1)C(F)(F)F. The van der Waals surface area contributed by atoms with Crippen molar-refractivity contribution in [1.82, 2.24) is 4.31 Å². The van der Waals surface area contributed by atoms with Gasteiger partial charge in [-0.1, -0.05) is 12.8 Å². The summed E-state index contributed by atoms with van der Waals surface area (Å²) in [5.41, 5.74) is -5.29. The number of aliphatic hydroxyl groups is 1. The van der Waals surface area contributed by atoms with Crippen LogP contribution in [0, 0.1) is 0 Å². The van der Waals surface area contributed by atoms with Crippen molar-refractivity contribution in [1.29, 1.82) is 0 Å².